The molecule has 2 aromatic carbocycles. The van der Waals surface area contributed by atoms with Gasteiger partial charge < -0.3 is 20.4 Å². The lowest BCUT2D eigenvalue weighted by Gasteiger charge is -2.34. The van der Waals surface area contributed by atoms with Gasteiger partial charge in [-0.2, -0.15) is 5.10 Å². The SMILES string of the molecule is O=C(Cc1ccc2nn(CC(=O)N3CCN(C(=O)c4ccccc4)CC3)cc2c1)c1cccc(NCC2CCN2)n1. The molecule has 0 spiro atoms. The Balaban J connectivity index is 1.03. The van der Waals surface area contributed by atoms with Crippen molar-refractivity contribution in [2.24, 2.45) is 0 Å². The predicted octanol–water partition coefficient (Wildman–Crippen LogP) is 2.62. The smallest absolute Gasteiger partial charge is 0.253 e. The van der Waals surface area contributed by atoms with Crippen LogP contribution in [0.3, 0.4) is 0 Å². The molecule has 0 bridgehead atoms. The van der Waals surface area contributed by atoms with Crippen LogP contribution in [0.4, 0.5) is 5.82 Å². The highest BCUT2D eigenvalue weighted by molar-refractivity contribution is 5.96. The molecule has 41 heavy (non-hydrogen) atoms. The van der Waals surface area contributed by atoms with E-state index in [0.29, 0.717) is 49.3 Å². The predicted molar refractivity (Wildman–Crippen MR) is 156 cm³/mol. The summed E-state index contributed by atoms with van der Waals surface area (Å²) in [5.74, 6) is 0.608. The first-order chi connectivity index (χ1) is 20.0. The Morgan fingerprint density at radius 1 is 0.927 bits per heavy atom. The molecule has 2 N–H and O–H groups in total. The lowest BCUT2D eigenvalue weighted by molar-refractivity contribution is -0.133. The quantitative estimate of drug-likeness (QED) is 0.308. The van der Waals surface area contributed by atoms with Gasteiger partial charge >= 0.3 is 0 Å². The number of hydrogen-bond acceptors (Lipinski definition) is 7. The number of Topliss-reactive ketones (excluding diaryl/α,β-unsaturated/α-hetero) is 1. The van der Waals surface area contributed by atoms with E-state index in [4.69, 9.17) is 0 Å². The second kappa shape index (κ2) is 11.9. The molecule has 4 heterocycles. The topological polar surface area (TPSA) is 112 Å². The average Bonchev–Trinajstić information content (AvgIpc) is 3.38. The van der Waals surface area contributed by atoms with Crippen LogP contribution in [0.5, 0.6) is 0 Å². The molecule has 0 saturated carbocycles. The Labute approximate surface area is 238 Å². The van der Waals surface area contributed by atoms with Gasteiger partial charge in [0.2, 0.25) is 5.91 Å². The van der Waals surface area contributed by atoms with E-state index in [9.17, 15) is 14.4 Å². The molecule has 0 radical (unpaired) electrons. The van der Waals surface area contributed by atoms with E-state index in [1.807, 2.05) is 66.9 Å². The number of carbonyl (C=O) groups is 3. The first kappa shape index (κ1) is 26.6. The van der Waals surface area contributed by atoms with Crippen molar-refractivity contribution in [3.63, 3.8) is 0 Å². The molecule has 2 aromatic heterocycles. The number of rotatable bonds is 9. The summed E-state index contributed by atoms with van der Waals surface area (Å²) in [6.45, 7) is 3.95. The number of ketones is 1. The van der Waals surface area contributed by atoms with E-state index in [0.717, 1.165) is 36.0 Å². The van der Waals surface area contributed by atoms with Gasteiger partial charge in [0.15, 0.2) is 5.78 Å². The molecular formula is C31H33N7O3. The van der Waals surface area contributed by atoms with Crippen molar-refractivity contribution in [1.82, 2.24) is 29.9 Å². The minimum absolute atomic E-state index is 0.00744. The summed E-state index contributed by atoms with van der Waals surface area (Å²) in [7, 11) is 0. The third-order valence-corrected chi connectivity index (χ3v) is 7.71. The van der Waals surface area contributed by atoms with Crippen molar-refractivity contribution in [2.75, 3.05) is 44.6 Å². The number of pyridine rings is 1. The maximum Gasteiger partial charge on any atom is 0.253 e. The van der Waals surface area contributed by atoms with Gasteiger partial charge in [0.05, 0.1) is 5.52 Å². The summed E-state index contributed by atoms with van der Waals surface area (Å²) in [4.78, 5) is 46.7. The van der Waals surface area contributed by atoms with Gasteiger partial charge in [-0.05, 0) is 54.9 Å². The fourth-order valence-corrected chi connectivity index (χ4v) is 5.19. The molecule has 210 valence electrons. The van der Waals surface area contributed by atoms with Crippen LogP contribution in [0.25, 0.3) is 10.9 Å². The second-order valence-corrected chi connectivity index (χ2v) is 10.6. The zero-order valence-corrected chi connectivity index (χ0v) is 22.8. The van der Waals surface area contributed by atoms with Gasteiger partial charge in [0.1, 0.15) is 18.1 Å². The molecule has 2 amide bonds. The van der Waals surface area contributed by atoms with Crippen LogP contribution < -0.4 is 10.6 Å². The van der Waals surface area contributed by atoms with Crippen molar-refractivity contribution in [1.29, 1.82) is 0 Å². The lowest BCUT2D eigenvalue weighted by atomic mass is 10.0. The molecule has 1 unspecified atom stereocenters. The molecular weight excluding hydrogens is 518 g/mol. The molecule has 0 aliphatic carbocycles. The van der Waals surface area contributed by atoms with E-state index in [2.05, 4.69) is 20.7 Å². The lowest BCUT2D eigenvalue weighted by Crippen LogP contribution is -2.51. The molecule has 10 heteroatoms. The van der Waals surface area contributed by atoms with Gasteiger partial charge in [-0.3, -0.25) is 19.1 Å². The van der Waals surface area contributed by atoms with Crippen molar-refractivity contribution < 1.29 is 14.4 Å². The Morgan fingerprint density at radius 3 is 2.46 bits per heavy atom. The van der Waals surface area contributed by atoms with Gasteiger partial charge in [-0.25, -0.2) is 4.98 Å². The first-order valence-electron chi connectivity index (χ1n) is 14.1. The number of aromatic nitrogens is 3. The average molecular weight is 552 g/mol. The summed E-state index contributed by atoms with van der Waals surface area (Å²) in [6.07, 6.45) is 3.22. The first-order valence-corrected chi connectivity index (χ1v) is 14.1. The minimum Gasteiger partial charge on any atom is -0.368 e. The number of hydrogen-bond donors (Lipinski definition) is 2. The number of carbonyl (C=O) groups excluding carboxylic acids is 3. The number of piperazine rings is 1. The molecule has 1 atom stereocenters. The molecule has 4 aromatic rings. The van der Waals surface area contributed by atoms with Gasteiger partial charge in [-0.1, -0.05) is 30.3 Å². The number of anilines is 1. The third-order valence-electron chi connectivity index (χ3n) is 7.71. The highest BCUT2D eigenvalue weighted by Crippen LogP contribution is 2.18. The summed E-state index contributed by atoms with van der Waals surface area (Å²) >= 11 is 0. The highest BCUT2D eigenvalue weighted by atomic mass is 16.2. The Hall–Kier alpha value is -4.57. The van der Waals surface area contributed by atoms with Gasteiger partial charge in [-0.15, -0.1) is 0 Å². The monoisotopic (exact) mass is 551 g/mol. The van der Waals surface area contributed by atoms with E-state index in [1.165, 1.54) is 0 Å². The molecule has 6 rings (SSSR count). The zero-order chi connectivity index (χ0) is 28.2. The Kier molecular flexibility index (Phi) is 7.73. The fourth-order valence-electron chi connectivity index (χ4n) is 5.19. The molecule has 2 saturated heterocycles. The normalized spacial score (nSPS) is 16.8. The van der Waals surface area contributed by atoms with Gasteiger partial charge in [0.25, 0.3) is 5.91 Å². The molecule has 2 aliphatic rings. The summed E-state index contributed by atoms with van der Waals surface area (Å²) < 4.78 is 1.65. The van der Waals surface area contributed by atoms with Crippen molar-refractivity contribution in [3.05, 3.63) is 89.7 Å². The van der Waals surface area contributed by atoms with Crippen LogP contribution in [0.15, 0.2) is 72.9 Å². The number of fused-ring (bicyclic) bond motifs is 1. The standard InChI is InChI=1S/C31H33N7O3/c39-28(27-7-4-8-29(34-27)33-19-25-11-12-32-25)18-22-9-10-26-24(17-22)20-38(35-26)21-30(40)36-13-15-37(16-14-36)31(41)23-5-2-1-3-6-23/h1-10,17,20,25,32H,11-16,18-19,21H2,(H,33,34). The summed E-state index contributed by atoms with van der Waals surface area (Å²) in [5.41, 5.74) is 2.73. The van der Waals surface area contributed by atoms with E-state index in [-0.39, 0.29) is 30.6 Å². The van der Waals surface area contributed by atoms with Crippen molar-refractivity contribution in [2.45, 2.75) is 25.4 Å². The van der Waals surface area contributed by atoms with Crippen molar-refractivity contribution in [3.8, 4) is 0 Å². The highest BCUT2D eigenvalue weighted by Gasteiger charge is 2.25. The molecule has 2 aliphatic heterocycles. The number of benzene rings is 2. The summed E-state index contributed by atoms with van der Waals surface area (Å²) in [6, 6.07) is 20.9. The van der Waals surface area contributed by atoms with Crippen molar-refractivity contribution >= 4 is 34.3 Å². The van der Waals surface area contributed by atoms with Crippen LogP contribution in [0, 0.1) is 0 Å². The molecule has 2 fully saturated rings. The number of nitrogens with zero attached hydrogens (tertiary/aromatic N) is 5. The van der Waals surface area contributed by atoms with Crippen LogP contribution in [-0.4, -0.2) is 87.5 Å². The number of amides is 2. The fraction of sp³-hybridized carbons (Fsp3) is 0.323. The van der Waals surface area contributed by atoms with Gasteiger partial charge in [0, 0.05) is 62.3 Å². The molecule has 10 nitrogen and oxygen atoms in total. The maximum atomic E-state index is 13.0. The Bertz CT molecular complexity index is 1560. The van der Waals surface area contributed by atoms with Crippen LogP contribution >= 0.6 is 0 Å². The van der Waals surface area contributed by atoms with Crippen LogP contribution in [0.2, 0.25) is 0 Å². The van der Waals surface area contributed by atoms with E-state index in [1.54, 1.807) is 20.5 Å². The summed E-state index contributed by atoms with van der Waals surface area (Å²) in [5, 5.41) is 12.1. The van der Waals surface area contributed by atoms with Crippen LogP contribution in [-0.2, 0) is 17.8 Å². The van der Waals surface area contributed by atoms with E-state index >= 15 is 0 Å². The van der Waals surface area contributed by atoms with E-state index < -0.39 is 0 Å². The Morgan fingerprint density at radius 2 is 1.71 bits per heavy atom. The second-order valence-electron chi connectivity index (χ2n) is 10.6. The third kappa shape index (κ3) is 6.28. The minimum atomic E-state index is -0.0535. The zero-order valence-electron chi connectivity index (χ0n) is 22.8. The number of nitrogens with one attached hydrogen (secondary N) is 2. The largest absolute Gasteiger partial charge is 0.368 e. The maximum absolute atomic E-state index is 13.0. The van der Waals surface area contributed by atoms with Crippen LogP contribution in [0.1, 0.15) is 32.8 Å².